The molecule has 1 rings (SSSR count). The number of hydrogen-bond donors (Lipinski definition) is 4. The van der Waals surface area contributed by atoms with Crippen molar-refractivity contribution in [2.75, 3.05) is 11.5 Å². The van der Waals surface area contributed by atoms with E-state index in [9.17, 15) is 19.0 Å². The van der Waals surface area contributed by atoms with E-state index in [0.717, 1.165) is 6.07 Å². The second kappa shape index (κ2) is 5.47. The molecule has 0 aliphatic heterocycles. The minimum atomic E-state index is -1.48. The van der Waals surface area contributed by atoms with Crippen LogP contribution in [0.1, 0.15) is 18.1 Å². The molecule has 0 aromatic heterocycles. The van der Waals surface area contributed by atoms with Crippen LogP contribution >= 0.6 is 12.6 Å². The molecule has 0 bridgehead atoms. The molecule has 0 aliphatic carbocycles. The molecule has 90 valence electrons. The molecular weight excluding hydrogens is 236 g/mol. The summed E-state index contributed by atoms with van der Waals surface area (Å²) in [7, 11) is 0. The number of rotatable bonds is 4. The minimum absolute atomic E-state index is 0.181. The van der Waals surface area contributed by atoms with Gasteiger partial charge in [0.15, 0.2) is 0 Å². The first-order valence-corrected chi connectivity index (χ1v) is 5.32. The van der Waals surface area contributed by atoms with Crippen LogP contribution in [0.4, 0.5) is 14.5 Å². The number of aliphatic hydroxyl groups excluding tert-OH is 2. The Balaban J connectivity index is 3.03. The third-order valence-electron chi connectivity index (χ3n) is 2.21. The molecule has 0 aliphatic rings. The lowest BCUT2D eigenvalue weighted by atomic mass is 10.0. The smallest absolute Gasteiger partial charge is 0.134 e. The van der Waals surface area contributed by atoms with Gasteiger partial charge in [-0.05, 0) is 18.2 Å². The Hall–Kier alpha value is -0.850. The van der Waals surface area contributed by atoms with Crippen LogP contribution in [-0.4, -0.2) is 22.1 Å². The van der Waals surface area contributed by atoms with Gasteiger partial charge in [-0.25, -0.2) is 8.78 Å². The highest BCUT2D eigenvalue weighted by Crippen LogP contribution is 2.28. The largest absolute Gasteiger partial charge is 0.398 e. The van der Waals surface area contributed by atoms with Crippen molar-refractivity contribution in [2.45, 2.75) is 18.6 Å². The van der Waals surface area contributed by atoms with Gasteiger partial charge in [-0.3, -0.25) is 0 Å². The Morgan fingerprint density at radius 2 is 1.94 bits per heavy atom. The van der Waals surface area contributed by atoms with E-state index >= 15 is 0 Å². The Kier molecular flexibility index (Phi) is 4.52. The summed E-state index contributed by atoms with van der Waals surface area (Å²) < 4.78 is 26.1. The lowest BCUT2D eigenvalue weighted by Gasteiger charge is -2.19. The second-order valence-electron chi connectivity index (χ2n) is 3.41. The van der Waals surface area contributed by atoms with Crippen molar-refractivity contribution in [2.24, 2.45) is 0 Å². The maximum Gasteiger partial charge on any atom is 0.134 e. The molecule has 0 spiro atoms. The molecule has 2 unspecified atom stereocenters. The monoisotopic (exact) mass is 249 g/mol. The van der Waals surface area contributed by atoms with Crippen molar-refractivity contribution in [1.82, 2.24) is 0 Å². The fraction of sp³-hybridized carbons (Fsp3) is 0.400. The number of halogens is 2. The van der Waals surface area contributed by atoms with Gasteiger partial charge >= 0.3 is 0 Å². The molecule has 6 heteroatoms. The number of nitrogen functional groups attached to an aromatic ring is 1. The molecule has 16 heavy (non-hydrogen) atoms. The first kappa shape index (κ1) is 13.2. The third-order valence-corrected chi connectivity index (χ3v) is 2.47. The van der Waals surface area contributed by atoms with Gasteiger partial charge < -0.3 is 15.9 Å². The highest BCUT2D eigenvalue weighted by atomic mass is 32.1. The number of aliphatic hydroxyl groups is 2. The second-order valence-corrected chi connectivity index (χ2v) is 3.86. The normalized spacial score (nSPS) is 14.8. The zero-order chi connectivity index (χ0) is 12.3. The van der Waals surface area contributed by atoms with Crippen molar-refractivity contribution in [1.29, 1.82) is 0 Å². The molecule has 0 radical (unpaired) electrons. The molecule has 3 nitrogen and oxygen atoms in total. The van der Waals surface area contributed by atoms with E-state index < -0.39 is 23.8 Å². The molecule has 1 aromatic rings. The summed E-state index contributed by atoms with van der Waals surface area (Å²) in [6, 6.07) is 1.51. The van der Waals surface area contributed by atoms with Crippen LogP contribution in [0.3, 0.4) is 0 Å². The summed E-state index contributed by atoms with van der Waals surface area (Å²) in [5.74, 6) is -1.46. The van der Waals surface area contributed by atoms with Crippen LogP contribution in [0, 0.1) is 11.6 Å². The average molecular weight is 249 g/mol. The fourth-order valence-corrected chi connectivity index (χ4v) is 1.66. The first-order chi connectivity index (χ1) is 7.47. The van der Waals surface area contributed by atoms with Crippen molar-refractivity contribution < 1.29 is 19.0 Å². The summed E-state index contributed by atoms with van der Waals surface area (Å²) in [4.78, 5) is 0. The van der Waals surface area contributed by atoms with E-state index in [1.165, 1.54) is 0 Å². The number of thiol groups is 1. The van der Waals surface area contributed by atoms with Gasteiger partial charge in [-0.1, -0.05) is 0 Å². The van der Waals surface area contributed by atoms with Crippen molar-refractivity contribution >= 4 is 18.3 Å². The van der Waals surface area contributed by atoms with Crippen LogP contribution in [0.25, 0.3) is 0 Å². The van der Waals surface area contributed by atoms with E-state index in [1.807, 2.05) is 0 Å². The van der Waals surface area contributed by atoms with Gasteiger partial charge in [0.25, 0.3) is 0 Å². The number of nitrogens with two attached hydrogens (primary N) is 1. The van der Waals surface area contributed by atoms with Gasteiger partial charge in [-0.2, -0.15) is 12.6 Å². The van der Waals surface area contributed by atoms with E-state index in [0.29, 0.717) is 11.8 Å². The molecule has 1 aromatic carbocycles. The zero-order valence-electron chi connectivity index (χ0n) is 8.40. The van der Waals surface area contributed by atoms with Crippen LogP contribution < -0.4 is 5.73 Å². The van der Waals surface area contributed by atoms with Gasteiger partial charge in [-0.15, -0.1) is 0 Å². The SMILES string of the molecule is Nc1cc(F)cc(F)c1C(O)C(O)CCS. The van der Waals surface area contributed by atoms with Crippen LogP contribution in [0.15, 0.2) is 12.1 Å². The average Bonchev–Trinajstić information content (AvgIpc) is 2.16. The fourth-order valence-electron chi connectivity index (χ4n) is 1.40. The highest BCUT2D eigenvalue weighted by molar-refractivity contribution is 7.80. The van der Waals surface area contributed by atoms with E-state index in [2.05, 4.69) is 12.6 Å². The Labute approximate surface area is 97.3 Å². The van der Waals surface area contributed by atoms with Crippen molar-refractivity contribution in [3.05, 3.63) is 29.3 Å². The summed E-state index contributed by atoms with van der Waals surface area (Å²) in [5, 5.41) is 19.1. The van der Waals surface area contributed by atoms with Crippen molar-refractivity contribution in [3.8, 4) is 0 Å². The minimum Gasteiger partial charge on any atom is -0.398 e. The Morgan fingerprint density at radius 1 is 1.31 bits per heavy atom. The molecular formula is C10H13F2NO2S. The highest BCUT2D eigenvalue weighted by Gasteiger charge is 2.24. The zero-order valence-corrected chi connectivity index (χ0v) is 9.29. The maximum absolute atomic E-state index is 13.4. The quantitative estimate of drug-likeness (QED) is 0.480. The molecule has 0 saturated carbocycles. The van der Waals surface area contributed by atoms with E-state index in [-0.39, 0.29) is 17.7 Å². The third kappa shape index (κ3) is 2.84. The standard InChI is InChI=1S/C10H13F2NO2S/c11-5-3-6(12)9(7(13)4-5)10(15)8(14)1-2-16/h3-4,8,10,14-16H,1-2,13H2. The van der Waals surface area contributed by atoms with Gasteiger partial charge in [0.1, 0.15) is 17.7 Å². The molecule has 4 N–H and O–H groups in total. The molecule has 0 heterocycles. The van der Waals surface area contributed by atoms with Crippen molar-refractivity contribution in [3.63, 3.8) is 0 Å². The Bertz CT molecular complexity index is 353. The maximum atomic E-state index is 13.4. The van der Waals surface area contributed by atoms with Crippen LogP contribution in [-0.2, 0) is 0 Å². The molecule has 0 amide bonds. The first-order valence-electron chi connectivity index (χ1n) is 4.68. The molecule has 2 atom stereocenters. The predicted octanol–water partition coefficient (Wildman–Crippen LogP) is 1.26. The molecule has 0 fully saturated rings. The number of anilines is 1. The lowest BCUT2D eigenvalue weighted by molar-refractivity contribution is 0.0156. The van der Waals surface area contributed by atoms with Gasteiger partial charge in [0.05, 0.1) is 6.10 Å². The summed E-state index contributed by atoms with van der Waals surface area (Å²) in [5.41, 5.74) is 4.89. The molecule has 0 saturated heterocycles. The Morgan fingerprint density at radius 3 is 2.44 bits per heavy atom. The van der Waals surface area contributed by atoms with Gasteiger partial charge in [0.2, 0.25) is 0 Å². The lowest BCUT2D eigenvalue weighted by Crippen LogP contribution is -2.21. The number of hydrogen-bond acceptors (Lipinski definition) is 4. The summed E-state index contributed by atoms with van der Waals surface area (Å²) in [6.45, 7) is 0. The van der Waals surface area contributed by atoms with E-state index in [1.54, 1.807) is 0 Å². The van der Waals surface area contributed by atoms with E-state index in [4.69, 9.17) is 5.73 Å². The predicted molar refractivity (Wildman–Crippen MR) is 60.2 cm³/mol. The van der Waals surface area contributed by atoms with Crippen LogP contribution in [0.5, 0.6) is 0 Å². The number of benzene rings is 1. The topological polar surface area (TPSA) is 66.5 Å². The van der Waals surface area contributed by atoms with Gasteiger partial charge in [0, 0.05) is 17.3 Å². The van der Waals surface area contributed by atoms with Crippen LogP contribution in [0.2, 0.25) is 0 Å². The summed E-state index contributed by atoms with van der Waals surface area (Å²) in [6.07, 6.45) is -2.48. The summed E-state index contributed by atoms with van der Waals surface area (Å²) >= 11 is 3.88.